The Morgan fingerprint density at radius 3 is 2.44 bits per heavy atom. The average Bonchev–Trinajstić information content (AvgIpc) is 2.81. The van der Waals surface area contributed by atoms with E-state index in [2.05, 4.69) is 41.6 Å². The van der Waals surface area contributed by atoms with Gasteiger partial charge in [-0.15, -0.1) is 0 Å². The maximum Gasteiger partial charge on any atom is 0.310 e. The summed E-state index contributed by atoms with van der Waals surface area (Å²) in [5.41, 5.74) is 4.89. The number of allylic oxidation sites excluding steroid dienone is 2. The molecule has 0 aliphatic heterocycles. The lowest BCUT2D eigenvalue weighted by Crippen LogP contribution is -2.11. The zero-order valence-corrected chi connectivity index (χ0v) is 17.7. The molecule has 0 aromatic heterocycles. The van der Waals surface area contributed by atoms with E-state index in [0.717, 1.165) is 40.4 Å². The Morgan fingerprint density at radius 1 is 1.24 bits per heavy atom. The fraction of sp³-hybridized carbons (Fsp3) is 0.524. The van der Waals surface area contributed by atoms with Crippen LogP contribution in [0.4, 0.5) is 0 Å². The Bertz CT molecular complexity index is 680. The second-order valence-electron chi connectivity index (χ2n) is 6.89. The number of esters is 1. The second kappa shape index (κ2) is 8.97. The topological polar surface area (TPSA) is 43.4 Å². The van der Waals surface area contributed by atoms with Gasteiger partial charge in [-0.2, -0.15) is 0 Å². The molecule has 1 aromatic carbocycles. The lowest BCUT2D eigenvalue weighted by Gasteiger charge is -2.14. The fourth-order valence-electron chi connectivity index (χ4n) is 3.56. The summed E-state index contributed by atoms with van der Waals surface area (Å²) in [6.45, 7) is 8.15. The summed E-state index contributed by atoms with van der Waals surface area (Å²) in [5.74, 6) is 0.418. The van der Waals surface area contributed by atoms with Crippen LogP contribution in [0.3, 0.4) is 0 Å². The van der Waals surface area contributed by atoms with Gasteiger partial charge in [-0.1, -0.05) is 53.6 Å². The molecule has 1 aromatic rings. The van der Waals surface area contributed by atoms with Crippen molar-refractivity contribution in [2.45, 2.75) is 59.8 Å². The Morgan fingerprint density at radius 2 is 1.88 bits per heavy atom. The maximum absolute atomic E-state index is 13.0. The molecule has 0 fully saturated rings. The molecule has 0 amide bonds. The molecule has 0 radical (unpaired) electrons. The van der Waals surface area contributed by atoms with Gasteiger partial charge in [-0.05, 0) is 50.3 Å². The van der Waals surface area contributed by atoms with Crippen molar-refractivity contribution < 1.29 is 14.3 Å². The lowest BCUT2D eigenvalue weighted by molar-refractivity contribution is -0.139. The molecule has 136 valence electrons. The molecular weight excluding hydrogens is 427 g/mol. The van der Waals surface area contributed by atoms with Gasteiger partial charge in [-0.25, -0.2) is 0 Å². The first kappa shape index (κ1) is 20.1. The third-order valence-electron chi connectivity index (χ3n) is 4.68. The predicted molar refractivity (Wildman–Crippen MR) is 110 cm³/mol. The minimum Gasteiger partial charge on any atom is -0.430 e. The zero-order chi connectivity index (χ0) is 18.6. The highest BCUT2D eigenvalue weighted by molar-refractivity contribution is 14.1. The monoisotopic (exact) mass is 454 g/mol. The molecule has 1 aliphatic carbocycles. The molecule has 4 heteroatoms. The number of Topliss-reactive ketones (excluding diaryl/α,β-unsaturated/α-hetero) is 1. The third-order valence-corrected chi connectivity index (χ3v) is 5.31. The van der Waals surface area contributed by atoms with Gasteiger partial charge >= 0.3 is 5.97 Å². The number of rotatable bonds is 7. The van der Waals surface area contributed by atoms with Gasteiger partial charge in [-0.3, -0.25) is 9.59 Å². The van der Waals surface area contributed by atoms with Crippen molar-refractivity contribution in [2.24, 2.45) is 5.92 Å². The van der Waals surface area contributed by atoms with Gasteiger partial charge in [0, 0.05) is 23.2 Å². The van der Waals surface area contributed by atoms with E-state index in [1.54, 1.807) is 0 Å². The molecule has 0 heterocycles. The van der Waals surface area contributed by atoms with Crippen molar-refractivity contribution >= 4 is 39.9 Å². The standard InChI is InChI=1S/C21H27IO3/c1-5-6-7-18(23)25-17-12-16(8-9-22)21(24)20(17)19-14(3)10-13(2)11-15(19)4/h10-11,16H,5-9,12H2,1-4H3. The van der Waals surface area contributed by atoms with Crippen LogP contribution in [0.1, 0.15) is 61.3 Å². The molecule has 0 N–H and O–H groups in total. The molecule has 1 atom stereocenters. The molecule has 0 bridgehead atoms. The molecular formula is C21H27IO3. The van der Waals surface area contributed by atoms with E-state index >= 15 is 0 Å². The number of ketones is 1. The SMILES string of the molecule is CCCCC(=O)OC1=C(c2c(C)cc(C)cc2C)C(=O)C(CCI)C1. The minimum absolute atomic E-state index is 0.0685. The lowest BCUT2D eigenvalue weighted by atomic mass is 9.90. The molecule has 1 unspecified atom stereocenters. The summed E-state index contributed by atoms with van der Waals surface area (Å²) in [4.78, 5) is 25.2. The van der Waals surface area contributed by atoms with Gasteiger partial charge in [0.15, 0.2) is 5.78 Å². The molecule has 0 saturated carbocycles. The number of alkyl halides is 1. The van der Waals surface area contributed by atoms with Crippen LogP contribution in [0, 0.1) is 26.7 Å². The minimum atomic E-state index is -0.223. The highest BCUT2D eigenvalue weighted by Gasteiger charge is 2.36. The van der Waals surface area contributed by atoms with Crippen LogP contribution in [-0.4, -0.2) is 16.2 Å². The van der Waals surface area contributed by atoms with Crippen LogP contribution in [0.15, 0.2) is 17.9 Å². The van der Waals surface area contributed by atoms with E-state index in [0.29, 0.717) is 24.2 Å². The van der Waals surface area contributed by atoms with Crippen molar-refractivity contribution in [1.82, 2.24) is 0 Å². The number of hydrogen-bond donors (Lipinski definition) is 0. The van der Waals surface area contributed by atoms with Crippen molar-refractivity contribution in [3.63, 3.8) is 0 Å². The smallest absolute Gasteiger partial charge is 0.310 e. The Labute approximate surface area is 164 Å². The van der Waals surface area contributed by atoms with E-state index in [1.165, 1.54) is 5.56 Å². The van der Waals surface area contributed by atoms with E-state index in [9.17, 15) is 9.59 Å². The summed E-state index contributed by atoms with van der Waals surface area (Å²) in [5, 5.41) is 0. The van der Waals surface area contributed by atoms with Crippen LogP contribution in [0.2, 0.25) is 0 Å². The number of ether oxygens (including phenoxy) is 1. The summed E-state index contributed by atoms with van der Waals surface area (Å²) in [7, 11) is 0. The highest BCUT2D eigenvalue weighted by Crippen LogP contribution is 2.40. The molecule has 0 spiro atoms. The van der Waals surface area contributed by atoms with Crippen molar-refractivity contribution in [2.75, 3.05) is 4.43 Å². The van der Waals surface area contributed by atoms with Crippen LogP contribution in [0.5, 0.6) is 0 Å². The first-order valence-corrected chi connectivity index (χ1v) is 10.5. The quantitative estimate of drug-likeness (QED) is 0.312. The Kier molecular flexibility index (Phi) is 7.23. The number of carbonyl (C=O) groups is 2. The summed E-state index contributed by atoms with van der Waals surface area (Å²) < 4.78 is 6.61. The van der Waals surface area contributed by atoms with E-state index < -0.39 is 0 Å². The van der Waals surface area contributed by atoms with Crippen LogP contribution in [0.25, 0.3) is 5.57 Å². The van der Waals surface area contributed by atoms with E-state index in [4.69, 9.17) is 4.74 Å². The summed E-state index contributed by atoms with van der Waals surface area (Å²) in [6, 6.07) is 4.18. The van der Waals surface area contributed by atoms with Crippen molar-refractivity contribution in [1.29, 1.82) is 0 Å². The molecule has 25 heavy (non-hydrogen) atoms. The third kappa shape index (κ3) is 4.72. The predicted octanol–water partition coefficient (Wildman–Crippen LogP) is 5.47. The molecule has 2 rings (SSSR count). The summed E-state index contributed by atoms with van der Waals surface area (Å²) in [6.07, 6.45) is 3.54. The Balaban J connectivity index is 2.44. The van der Waals surface area contributed by atoms with E-state index in [-0.39, 0.29) is 17.7 Å². The fourth-order valence-corrected chi connectivity index (χ4v) is 4.32. The average molecular weight is 454 g/mol. The number of halogens is 1. The van der Waals surface area contributed by atoms with Gasteiger partial charge in [0.1, 0.15) is 5.76 Å². The molecule has 1 aliphatic rings. The zero-order valence-electron chi connectivity index (χ0n) is 15.6. The van der Waals surface area contributed by atoms with Crippen molar-refractivity contribution in [3.05, 3.63) is 40.1 Å². The highest BCUT2D eigenvalue weighted by atomic mass is 127. The van der Waals surface area contributed by atoms with Gasteiger partial charge < -0.3 is 4.74 Å². The molecule has 3 nitrogen and oxygen atoms in total. The first-order valence-electron chi connectivity index (χ1n) is 9.01. The Hall–Kier alpha value is -1.17. The normalized spacial score (nSPS) is 17.3. The van der Waals surface area contributed by atoms with Crippen LogP contribution in [-0.2, 0) is 14.3 Å². The summed E-state index contributed by atoms with van der Waals surface area (Å²) >= 11 is 2.30. The largest absolute Gasteiger partial charge is 0.430 e. The second-order valence-corrected chi connectivity index (χ2v) is 7.97. The maximum atomic E-state index is 13.0. The van der Waals surface area contributed by atoms with Gasteiger partial charge in [0.05, 0.1) is 5.57 Å². The number of benzene rings is 1. The first-order chi connectivity index (χ1) is 11.9. The number of unbranched alkanes of at least 4 members (excludes halogenated alkanes) is 1. The van der Waals surface area contributed by atoms with Gasteiger partial charge in [0.25, 0.3) is 0 Å². The number of hydrogen-bond acceptors (Lipinski definition) is 3. The van der Waals surface area contributed by atoms with Crippen LogP contribution >= 0.6 is 22.6 Å². The van der Waals surface area contributed by atoms with Crippen LogP contribution < -0.4 is 0 Å². The van der Waals surface area contributed by atoms with Gasteiger partial charge in [0.2, 0.25) is 0 Å². The van der Waals surface area contributed by atoms with E-state index in [1.807, 2.05) is 20.8 Å². The molecule has 0 saturated heterocycles. The van der Waals surface area contributed by atoms with Crippen molar-refractivity contribution in [3.8, 4) is 0 Å². The number of carbonyl (C=O) groups excluding carboxylic acids is 2. The number of aryl methyl sites for hydroxylation is 3.